The first-order chi connectivity index (χ1) is 26.7. The molecule has 254 valence electrons. The van der Waals surface area contributed by atoms with Gasteiger partial charge in [-0.15, -0.1) is 11.3 Å². The summed E-state index contributed by atoms with van der Waals surface area (Å²) in [5.41, 5.74) is 13.1. The Morgan fingerprint density at radius 1 is 0.296 bits per heavy atom. The van der Waals surface area contributed by atoms with Crippen LogP contribution in [0.15, 0.2) is 212 Å². The van der Waals surface area contributed by atoms with Gasteiger partial charge in [0.05, 0.1) is 0 Å². The molecule has 0 spiro atoms. The van der Waals surface area contributed by atoms with E-state index in [1.54, 1.807) is 0 Å². The summed E-state index contributed by atoms with van der Waals surface area (Å²) in [4.78, 5) is 2.36. The highest BCUT2D eigenvalue weighted by Gasteiger charge is 2.16. The molecular formula is C52H35NS. The van der Waals surface area contributed by atoms with Crippen molar-refractivity contribution in [1.29, 1.82) is 0 Å². The Kier molecular flexibility index (Phi) is 8.09. The molecule has 1 heterocycles. The number of hydrogen-bond donors (Lipinski definition) is 0. The Hall–Kier alpha value is -6.74. The topological polar surface area (TPSA) is 3.24 Å². The molecule has 0 aliphatic heterocycles. The van der Waals surface area contributed by atoms with Crippen molar-refractivity contribution in [2.75, 3.05) is 4.90 Å². The van der Waals surface area contributed by atoms with Crippen LogP contribution in [-0.4, -0.2) is 0 Å². The van der Waals surface area contributed by atoms with Crippen molar-refractivity contribution < 1.29 is 0 Å². The quantitative estimate of drug-likeness (QED) is 0.160. The van der Waals surface area contributed by atoms with Gasteiger partial charge in [0.25, 0.3) is 0 Å². The molecule has 0 radical (unpaired) electrons. The molecule has 10 rings (SSSR count). The Balaban J connectivity index is 1.02. The van der Waals surface area contributed by atoms with Crippen LogP contribution in [0.1, 0.15) is 0 Å². The zero-order valence-electron chi connectivity index (χ0n) is 29.6. The lowest BCUT2D eigenvalue weighted by Crippen LogP contribution is -2.09. The van der Waals surface area contributed by atoms with Crippen LogP contribution < -0.4 is 4.90 Å². The van der Waals surface area contributed by atoms with Crippen molar-refractivity contribution in [3.63, 3.8) is 0 Å². The van der Waals surface area contributed by atoms with Gasteiger partial charge in [-0.25, -0.2) is 0 Å². The highest BCUT2D eigenvalue weighted by molar-refractivity contribution is 7.25. The lowest BCUT2D eigenvalue weighted by Gasteiger charge is -2.26. The van der Waals surface area contributed by atoms with Crippen molar-refractivity contribution in [2.24, 2.45) is 0 Å². The predicted molar refractivity (Wildman–Crippen MR) is 233 cm³/mol. The van der Waals surface area contributed by atoms with Gasteiger partial charge in [-0.2, -0.15) is 0 Å². The Morgan fingerprint density at radius 2 is 0.778 bits per heavy atom. The molecule has 1 aromatic heterocycles. The standard InChI is InChI=1S/C52H35NS/c1-2-10-36(11-3-1)38-22-28-45(29-23-38)53(47-32-26-40(27-33-47)48-17-9-19-51-52(48)49-16-6-7-18-50(49)54-51)46-30-24-39(25-31-46)42-14-8-15-43(34-42)44-21-20-37-12-4-5-13-41(37)35-44/h1-35H. The molecule has 10 aromatic rings. The van der Waals surface area contributed by atoms with E-state index in [1.807, 2.05) is 11.3 Å². The van der Waals surface area contributed by atoms with Crippen LogP contribution in [0.5, 0.6) is 0 Å². The van der Waals surface area contributed by atoms with Crippen LogP contribution in [0.25, 0.3) is 75.5 Å². The van der Waals surface area contributed by atoms with Gasteiger partial charge in [-0.05, 0) is 116 Å². The maximum absolute atomic E-state index is 2.36. The van der Waals surface area contributed by atoms with Crippen molar-refractivity contribution in [1.82, 2.24) is 0 Å². The fourth-order valence-corrected chi connectivity index (χ4v) is 8.87. The summed E-state index contributed by atoms with van der Waals surface area (Å²) in [6.07, 6.45) is 0. The Morgan fingerprint density at radius 3 is 1.50 bits per heavy atom. The molecule has 0 aliphatic carbocycles. The van der Waals surface area contributed by atoms with E-state index in [2.05, 4.69) is 217 Å². The number of fused-ring (bicyclic) bond motifs is 4. The fourth-order valence-electron chi connectivity index (χ4n) is 7.74. The van der Waals surface area contributed by atoms with Gasteiger partial charge in [0.15, 0.2) is 0 Å². The molecule has 0 amide bonds. The molecule has 0 atom stereocenters. The molecule has 0 saturated carbocycles. The van der Waals surface area contributed by atoms with Crippen LogP contribution in [-0.2, 0) is 0 Å². The second kappa shape index (κ2) is 13.7. The number of rotatable bonds is 7. The van der Waals surface area contributed by atoms with E-state index in [-0.39, 0.29) is 0 Å². The Bertz CT molecular complexity index is 2900. The average Bonchev–Trinajstić information content (AvgIpc) is 3.64. The Labute approximate surface area is 319 Å². The minimum Gasteiger partial charge on any atom is -0.311 e. The van der Waals surface area contributed by atoms with Crippen LogP contribution in [0, 0.1) is 0 Å². The summed E-state index contributed by atoms with van der Waals surface area (Å²) >= 11 is 1.86. The van der Waals surface area contributed by atoms with Gasteiger partial charge in [-0.1, -0.05) is 152 Å². The first-order valence-corrected chi connectivity index (χ1v) is 19.2. The van der Waals surface area contributed by atoms with Crippen LogP contribution in [0.2, 0.25) is 0 Å². The number of nitrogens with zero attached hydrogens (tertiary/aromatic N) is 1. The summed E-state index contributed by atoms with van der Waals surface area (Å²) in [5.74, 6) is 0. The molecule has 0 saturated heterocycles. The summed E-state index contributed by atoms with van der Waals surface area (Å²) in [7, 11) is 0. The largest absolute Gasteiger partial charge is 0.311 e. The maximum Gasteiger partial charge on any atom is 0.0462 e. The van der Waals surface area contributed by atoms with Crippen LogP contribution in [0.4, 0.5) is 17.1 Å². The molecule has 54 heavy (non-hydrogen) atoms. The highest BCUT2D eigenvalue weighted by Crippen LogP contribution is 2.42. The van der Waals surface area contributed by atoms with Crippen molar-refractivity contribution >= 4 is 59.3 Å². The molecule has 1 nitrogen and oxygen atoms in total. The maximum atomic E-state index is 2.36. The van der Waals surface area contributed by atoms with E-state index in [9.17, 15) is 0 Å². The third-order valence-electron chi connectivity index (χ3n) is 10.5. The molecule has 0 N–H and O–H groups in total. The molecule has 0 unspecified atom stereocenters. The van der Waals surface area contributed by atoms with Gasteiger partial charge in [-0.3, -0.25) is 0 Å². The third kappa shape index (κ3) is 5.93. The van der Waals surface area contributed by atoms with Crippen molar-refractivity contribution in [2.45, 2.75) is 0 Å². The third-order valence-corrected chi connectivity index (χ3v) is 11.6. The summed E-state index contributed by atoms with van der Waals surface area (Å²) in [6.45, 7) is 0. The SMILES string of the molecule is c1ccc(-c2ccc(N(c3ccc(-c4cccc(-c5ccc6ccccc6c5)c4)cc3)c3ccc(-c4cccc5sc6ccccc6c45)cc3)cc2)cc1. The summed E-state index contributed by atoms with van der Waals surface area (Å²) < 4.78 is 2.64. The van der Waals surface area contributed by atoms with E-state index in [4.69, 9.17) is 0 Å². The molecule has 2 heteroatoms. The zero-order valence-corrected chi connectivity index (χ0v) is 30.4. The second-order valence-electron chi connectivity index (χ2n) is 13.8. The van der Waals surface area contributed by atoms with Gasteiger partial charge in [0, 0.05) is 37.2 Å². The van der Waals surface area contributed by atoms with Crippen molar-refractivity contribution in [3.8, 4) is 44.5 Å². The van der Waals surface area contributed by atoms with Crippen LogP contribution >= 0.6 is 11.3 Å². The number of anilines is 3. The monoisotopic (exact) mass is 705 g/mol. The fraction of sp³-hybridized carbons (Fsp3) is 0. The number of thiophene rings is 1. The molecule has 0 aliphatic rings. The molecule has 9 aromatic carbocycles. The lowest BCUT2D eigenvalue weighted by molar-refractivity contribution is 1.28. The minimum atomic E-state index is 1.11. The minimum absolute atomic E-state index is 1.11. The molecular weight excluding hydrogens is 671 g/mol. The van der Waals surface area contributed by atoms with E-state index >= 15 is 0 Å². The first-order valence-electron chi connectivity index (χ1n) is 18.4. The van der Waals surface area contributed by atoms with Crippen molar-refractivity contribution in [3.05, 3.63) is 212 Å². The summed E-state index contributed by atoms with van der Waals surface area (Å²) in [6, 6.07) is 77.1. The van der Waals surface area contributed by atoms with E-state index in [1.165, 1.54) is 75.5 Å². The van der Waals surface area contributed by atoms with E-state index in [0.29, 0.717) is 0 Å². The smallest absolute Gasteiger partial charge is 0.0462 e. The number of hydrogen-bond acceptors (Lipinski definition) is 2. The van der Waals surface area contributed by atoms with Gasteiger partial charge >= 0.3 is 0 Å². The van der Waals surface area contributed by atoms with Crippen LogP contribution in [0.3, 0.4) is 0 Å². The number of benzene rings is 9. The predicted octanol–water partition coefficient (Wildman–Crippen LogP) is 15.3. The average molecular weight is 706 g/mol. The first kappa shape index (κ1) is 32.0. The molecule has 0 fully saturated rings. The lowest BCUT2D eigenvalue weighted by atomic mass is 9.97. The highest BCUT2D eigenvalue weighted by atomic mass is 32.1. The van der Waals surface area contributed by atoms with Gasteiger partial charge < -0.3 is 4.90 Å². The normalized spacial score (nSPS) is 11.3. The zero-order chi connectivity index (χ0) is 35.8. The van der Waals surface area contributed by atoms with E-state index < -0.39 is 0 Å². The summed E-state index contributed by atoms with van der Waals surface area (Å²) in [5, 5.41) is 5.17. The molecule has 0 bridgehead atoms. The van der Waals surface area contributed by atoms with Gasteiger partial charge in [0.1, 0.15) is 0 Å². The van der Waals surface area contributed by atoms with E-state index in [0.717, 1.165) is 17.1 Å². The second-order valence-corrected chi connectivity index (χ2v) is 14.8. The van der Waals surface area contributed by atoms with Gasteiger partial charge in [0.2, 0.25) is 0 Å².